The first kappa shape index (κ1) is 15.3. The molecule has 1 aromatic rings. The monoisotopic (exact) mass is 276 g/mol. The van der Waals surface area contributed by atoms with Gasteiger partial charge in [-0.1, -0.05) is 19.3 Å². The van der Waals surface area contributed by atoms with E-state index >= 15 is 0 Å². The van der Waals surface area contributed by atoms with Crippen molar-refractivity contribution in [1.29, 1.82) is 0 Å². The average Bonchev–Trinajstić information content (AvgIpc) is 2.74. The lowest BCUT2D eigenvalue weighted by molar-refractivity contribution is 0.0899. The quantitative estimate of drug-likeness (QED) is 0.768. The number of ketones is 1. The number of carbonyl (C=O) groups is 1. The van der Waals surface area contributed by atoms with Crippen LogP contribution >= 0.6 is 0 Å². The van der Waals surface area contributed by atoms with Gasteiger partial charge in [-0.3, -0.25) is 9.69 Å². The number of carbonyl (C=O) groups excluding carboxylic acids is 1. The van der Waals surface area contributed by atoms with Gasteiger partial charge in [-0.25, -0.2) is 0 Å². The summed E-state index contributed by atoms with van der Waals surface area (Å²) in [6, 6.07) is 2.65. The average molecular weight is 276 g/mol. The second kappa shape index (κ2) is 6.57. The van der Waals surface area contributed by atoms with Crippen LogP contribution in [0.4, 0.5) is 0 Å². The summed E-state index contributed by atoms with van der Waals surface area (Å²) in [7, 11) is 2.10. The van der Waals surface area contributed by atoms with E-state index in [-0.39, 0.29) is 5.78 Å². The Balaban J connectivity index is 2.04. The highest BCUT2D eigenvalue weighted by atomic mass is 16.1. The van der Waals surface area contributed by atoms with Gasteiger partial charge in [-0.2, -0.15) is 0 Å². The molecule has 0 bridgehead atoms. The van der Waals surface area contributed by atoms with Gasteiger partial charge in [-0.15, -0.1) is 0 Å². The third kappa shape index (κ3) is 3.14. The molecule has 0 aliphatic heterocycles. The van der Waals surface area contributed by atoms with Gasteiger partial charge >= 0.3 is 0 Å². The first-order chi connectivity index (χ1) is 9.54. The summed E-state index contributed by atoms with van der Waals surface area (Å²) in [6.45, 7) is 7.76. The minimum absolute atomic E-state index is 0.269. The van der Waals surface area contributed by atoms with E-state index in [0.29, 0.717) is 12.6 Å². The maximum Gasteiger partial charge on any atom is 0.178 e. The van der Waals surface area contributed by atoms with Crippen molar-refractivity contribution in [2.45, 2.75) is 65.5 Å². The topological polar surface area (TPSA) is 25.2 Å². The van der Waals surface area contributed by atoms with Crippen LogP contribution in [-0.4, -0.2) is 34.9 Å². The maximum absolute atomic E-state index is 12.5. The smallest absolute Gasteiger partial charge is 0.178 e. The molecule has 3 heteroatoms. The van der Waals surface area contributed by atoms with Crippen LogP contribution in [0.15, 0.2) is 6.07 Å². The number of Topliss-reactive ketones (excluding diaryl/α,β-unsaturated/α-hetero) is 1. The van der Waals surface area contributed by atoms with Crippen molar-refractivity contribution in [3.05, 3.63) is 23.0 Å². The Bertz CT molecular complexity index is 470. The highest BCUT2D eigenvalue weighted by Gasteiger charge is 2.22. The lowest BCUT2D eigenvalue weighted by Crippen LogP contribution is -2.37. The first-order valence-electron chi connectivity index (χ1n) is 7.94. The molecule has 1 aliphatic rings. The largest absolute Gasteiger partial charge is 0.349 e. The third-order valence-electron chi connectivity index (χ3n) is 4.78. The van der Waals surface area contributed by atoms with E-state index in [2.05, 4.69) is 43.4 Å². The molecule has 0 spiro atoms. The predicted molar refractivity (Wildman–Crippen MR) is 83.4 cm³/mol. The number of aromatic nitrogens is 1. The van der Waals surface area contributed by atoms with Crippen LogP contribution in [0.5, 0.6) is 0 Å². The van der Waals surface area contributed by atoms with Crippen LogP contribution in [0.25, 0.3) is 0 Å². The van der Waals surface area contributed by atoms with Crippen molar-refractivity contribution in [1.82, 2.24) is 9.47 Å². The molecular formula is C17H28N2O. The second-order valence-electron chi connectivity index (χ2n) is 6.16. The standard InChI is InChI=1S/C17H28N2O/c1-5-19-13(2)11-16(14(19)3)17(20)12-18(4)15-9-7-6-8-10-15/h11,15H,5-10,12H2,1-4H3. The molecule has 0 atom stereocenters. The van der Waals surface area contributed by atoms with Crippen molar-refractivity contribution >= 4 is 5.78 Å². The van der Waals surface area contributed by atoms with Crippen LogP contribution in [0.1, 0.15) is 60.8 Å². The molecule has 1 aliphatic carbocycles. The van der Waals surface area contributed by atoms with E-state index in [1.807, 2.05) is 0 Å². The Morgan fingerprint density at radius 3 is 2.50 bits per heavy atom. The Labute approximate surface area is 123 Å². The van der Waals surface area contributed by atoms with Gasteiger partial charge in [0.2, 0.25) is 0 Å². The van der Waals surface area contributed by atoms with Gasteiger partial charge < -0.3 is 4.57 Å². The normalized spacial score (nSPS) is 16.9. The number of hydrogen-bond donors (Lipinski definition) is 0. The zero-order valence-electron chi connectivity index (χ0n) is 13.4. The molecule has 3 nitrogen and oxygen atoms in total. The van der Waals surface area contributed by atoms with Crippen molar-refractivity contribution in [2.75, 3.05) is 13.6 Å². The number of aryl methyl sites for hydroxylation is 1. The molecule has 1 heterocycles. The van der Waals surface area contributed by atoms with Crippen molar-refractivity contribution in [3.63, 3.8) is 0 Å². The van der Waals surface area contributed by atoms with E-state index in [0.717, 1.165) is 17.8 Å². The van der Waals surface area contributed by atoms with E-state index in [1.54, 1.807) is 0 Å². The summed E-state index contributed by atoms with van der Waals surface area (Å²) in [5.74, 6) is 0.269. The van der Waals surface area contributed by atoms with E-state index in [4.69, 9.17) is 0 Å². The summed E-state index contributed by atoms with van der Waals surface area (Å²) in [5, 5.41) is 0. The van der Waals surface area contributed by atoms with Gasteiger partial charge in [-0.05, 0) is 46.7 Å². The molecule has 1 aromatic heterocycles. The first-order valence-corrected chi connectivity index (χ1v) is 7.94. The van der Waals surface area contributed by atoms with Crippen molar-refractivity contribution in [3.8, 4) is 0 Å². The summed E-state index contributed by atoms with van der Waals surface area (Å²) >= 11 is 0. The highest BCUT2D eigenvalue weighted by Crippen LogP contribution is 2.22. The van der Waals surface area contributed by atoms with Gasteiger partial charge in [0, 0.05) is 29.5 Å². The van der Waals surface area contributed by atoms with Crippen LogP contribution in [0.2, 0.25) is 0 Å². The van der Waals surface area contributed by atoms with Gasteiger partial charge in [0.05, 0.1) is 6.54 Å². The number of hydrogen-bond acceptors (Lipinski definition) is 2. The van der Waals surface area contributed by atoms with Crippen LogP contribution in [-0.2, 0) is 6.54 Å². The van der Waals surface area contributed by atoms with E-state index in [1.165, 1.54) is 37.8 Å². The molecule has 0 N–H and O–H groups in total. The van der Waals surface area contributed by atoms with Crippen LogP contribution in [0.3, 0.4) is 0 Å². The Hall–Kier alpha value is -1.09. The third-order valence-corrected chi connectivity index (χ3v) is 4.78. The molecule has 1 fully saturated rings. The van der Waals surface area contributed by atoms with Crippen LogP contribution < -0.4 is 0 Å². The van der Waals surface area contributed by atoms with Crippen molar-refractivity contribution in [2.24, 2.45) is 0 Å². The fourth-order valence-electron chi connectivity index (χ4n) is 3.53. The number of rotatable bonds is 5. The molecule has 0 radical (unpaired) electrons. The van der Waals surface area contributed by atoms with Gasteiger partial charge in [0.1, 0.15) is 0 Å². The van der Waals surface area contributed by atoms with Gasteiger partial charge in [0.15, 0.2) is 5.78 Å². The molecular weight excluding hydrogens is 248 g/mol. The Morgan fingerprint density at radius 1 is 1.30 bits per heavy atom. The second-order valence-corrected chi connectivity index (χ2v) is 6.16. The Morgan fingerprint density at radius 2 is 1.95 bits per heavy atom. The van der Waals surface area contributed by atoms with Gasteiger partial charge in [0.25, 0.3) is 0 Å². The minimum atomic E-state index is 0.269. The summed E-state index contributed by atoms with van der Waals surface area (Å²) < 4.78 is 2.22. The zero-order valence-corrected chi connectivity index (χ0v) is 13.4. The molecule has 112 valence electrons. The zero-order chi connectivity index (χ0) is 14.7. The highest BCUT2D eigenvalue weighted by molar-refractivity contribution is 5.99. The molecule has 2 rings (SSSR count). The summed E-state index contributed by atoms with van der Waals surface area (Å²) in [5.41, 5.74) is 3.22. The van der Waals surface area contributed by atoms with E-state index < -0.39 is 0 Å². The molecule has 0 unspecified atom stereocenters. The maximum atomic E-state index is 12.5. The molecule has 0 amide bonds. The predicted octanol–water partition coefficient (Wildman–Crippen LogP) is 3.57. The number of nitrogens with zero attached hydrogens (tertiary/aromatic N) is 2. The summed E-state index contributed by atoms with van der Waals surface area (Å²) in [6.07, 6.45) is 6.48. The molecule has 1 saturated carbocycles. The lowest BCUT2D eigenvalue weighted by atomic mass is 9.94. The fourth-order valence-corrected chi connectivity index (χ4v) is 3.53. The SMILES string of the molecule is CCn1c(C)cc(C(=O)CN(C)C2CCCCC2)c1C. The summed E-state index contributed by atoms with van der Waals surface area (Å²) in [4.78, 5) is 14.8. The molecule has 0 saturated heterocycles. The molecule has 0 aromatic carbocycles. The minimum Gasteiger partial charge on any atom is -0.349 e. The fraction of sp³-hybridized carbons (Fsp3) is 0.706. The molecule has 20 heavy (non-hydrogen) atoms. The van der Waals surface area contributed by atoms with Crippen LogP contribution in [0, 0.1) is 13.8 Å². The van der Waals surface area contributed by atoms with Crippen molar-refractivity contribution < 1.29 is 4.79 Å². The lowest BCUT2D eigenvalue weighted by Gasteiger charge is -2.30. The number of likely N-dealkylation sites (N-methyl/N-ethyl adjacent to an activating group) is 1. The van der Waals surface area contributed by atoms with E-state index in [9.17, 15) is 4.79 Å². The Kier molecular flexibility index (Phi) is 5.03.